The second-order valence-corrected chi connectivity index (χ2v) is 8.05. The van der Waals surface area contributed by atoms with Gasteiger partial charge in [0.15, 0.2) is 6.04 Å². The fraction of sp³-hybridized carbons (Fsp3) is 0.812. The Labute approximate surface area is 125 Å². The fourth-order valence-corrected chi connectivity index (χ4v) is 4.15. The molecule has 2 fully saturated rings. The summed E-state index contributed by atoms with van der Waals surface area (Å²) in [5.41, 5.74) is -1.31. The van der Waals surface area contributed by atoms with Crippen molar-refractivity contribution in [3.05, 3.63) is 0 Å². The highest BCUT2D eigenvalue weighted by Crippen LogP contribution is 2.64. The lowest BCUT2D eigenvalue weighted by Gasteiger charge is -2.35. The van der Waals surface area contributed by atoms with Crippen LogP contribution in [0.15, 0.2) is 4.99 Å². The zero-order valence-corrected chi connectivity index (χ0v) is 13.4. The first-order chi connectivity index (χ1) is 9.44. The highest BCUT2D eigenvalue weighted by Gasteiger charge is 2.67. The molecule has 0 radical (unpaired) electrons. The average molecular weight is 295 g/mol. The van der Waals surface area contributed by atoms with Crippen LogP contribution in [0.2, 0.25) is 0 Å². The van der Waals surface area contributed by atoms with Crippen LogP contribution in [0, 0.1) is 22.2 Å². The molecular formula is C16H25NO4. The number of rotatable bonds is 3. The van der Waals surface area contributed by atoms with Crippen LogP contribution in [0.4, 0.5) is 0 Å². The van der Waals surface area contributed by atoms with E-state index in [0.717, 1.165) is 6.42 Å². The zero-order chi connectivity index (χ0) is 16.2. The van der Waals surface area contributed by atoms with Crippen LogP contribution in [0.1, 0.15) is 53.9 Å². The first kappa shape index (κ1) is 16.0. The van der Waals surface area contributed by atoms with E-state index >= 15 is 0 Å². The van der Waals surface area contributed by atoms with Gasteiger partial charge in [-0.3, -0.25) is 9.79 Å². The molecule has 0 aromatic heterocycles. The summed E-state index contributed by atoms with van der Waals surface area (Å²) in [4.78, 5) is 28.0. The monoisotopic (exact) mass is 295 g/mol. The van der Waals surface area contributed by atoms with Crippen molar-refractivity contribution in [2.24, 2.45) is 27.2 Å². The first-order valence-corrected chi connectivity index (χ1v) is 7.48. The van der Waals surface area contributed by atoms with Gasteiger partial charge >= 0.3 is 11.9 Å². The smallest absolute Gasteiger partial charge is 0.328 e. The van der Waals surface area contributed by atoms with Crippen molar-refractivity contribution < 1.29 is 19.8 Å². The Balaban J connectivity index is 2.52. The van der Waals surface area contributed by atoms with E-state index in [2.05, 4.69) is 4.99 Å². The topological polar surface area (TPSA) is 87.0 Å². The van der Waals surface area contributed by atoms with Gasteiger partial charge in [-0.2, -0.15) is 0 Å². The van der Waals surface area contributed by atoms with Crippen molar-refractivity contribution in [3.8, 4) is 0 Å². The number of hydrogen-bond donors (Lipinski definition) is 2. The van der Waals surface area contributed by atoms with Crippen molar-refractivity contribution >= 4 is 17.7 Å². The summed E-state index contributed by atoms with van der Waals surface area (Å²) in [7, 11) is 0. The summed E-state index contributed by atoms with van der Waals surface area (Å²) in [6.07, 6.45) is 2.06. The number of fused-ring (bicyclic) bond motifs is 2. The molecule has 3 atom stereocenters. The fourth-order valence-electron chi connectivity index (χ4n) is 4.15. The van der Waals surface area contributed by atoms with Gasteiger partial charge in [-0.25, -0.2) is 4.79 Å². The minimum Gasteiger partial charge on any atom is -0.481 e. The number of aliphatic imine (C=N–C) groups is 1. The highest BCUT2D eigenvalue weighted by atomic mass is 16.4. The molecule has 5 heteroatoms. The molecule has 21 heavy (non-hydrogen) atoms. The van der Waals surface area contributed by atoms with E-state index in [-0.39, 0.29) is 11.3 Å². The third-order valence-corrected chi connectivity index (χ3v) is 5.63. The largest absolute Gasteiger partial charge is 0.481 e. The van der Waals surface area contributed by atoms with Crippen LogP contribution in [0.5, 0.6) is 0 Å². The van der Waals surface area contributed by atoms with Gasteiger partial charge in [-0.15, -0.1) is 0 Å². The zero-order valence-electron chi connectivity index (χ0n) is 13.4. The number of nitrogens with zero attached hydrogens (tertiary/aromatic N) is 1. The Morgan fingerprint density at radius 3 is 2.24 bits per heavy atom. The number of carboxylic acid groups (broad SMARTS) is 2. The van der Waals surface area contributed by atoms with Gasteiger partial charge in [0.05, 0.1) is 0 Å². The van der Waals surface area contributed by atoms with Gasteiger partial charge in [-0.05, 0) is 36.0 Å². The molecule has 0 saturated heterocycles. The van der Waals surface area contributed by atoms with E-state index in [9.17, 15) is 19.8 Å². The summed E-state index contributed by atoms with van der Waals surface area (Å²) >= 11 is 0. The van der Waals surface area contributed by atoms with Gasteiger partial charge in [0.2, 0.25) is 0 Å². The molecule has 5 nitrogen and oxygen atoms in total. The van der Waals surface area contributed by atoms with Crippen molar-refractivity contribution in [1.82, 2.24) is 0 Å². The maximum atomic E-state index is 12.0. The number of carboxylic acids is 2. The highest BCUT2D eigenvalue weighted by molar-refractivity contribution is 6.10. The number of carbonyl (C=O) groups is 2. The molecule has 0 aliphatic heterocycles. The molecule has 0 spiro atoms. The van der Waals surface area contributed by atoms with E-state index in [1.807, 2.05) is 34.6 Å². The normalized spacial score (nSPS) is 34.1. The molecule has 0 unspecified atom stereocenters. The summed E-state index contributed by atoms with van der Waals surface area (Å²) < 4.78 is 0. The quantitative estimate of drug-likeness (QED) is 0.838. The van der Waals surface area contributed by atoms with E-state index in [0.29, 0.717) is 18.6 Å². The van der Waals surface area contributed by atoms with Gasteiger partial charge < -0.3 is 10.2 Å². The Bertz CT molecular complexity index is 515. The van der Waals surface area contributed by atoms with Gasteiger partial charge in [0.1, 0.15) is 5.41 Å². The standard InChI is InChI=1S/C16H25NO4/c1-14(2,3)11(12(18)19)17-10-8-9-6-7-16(10,13(20)21)15(9,4)5/h9,11H,6-8H2,1-5H3,(H,18,19)(H,20,21)/t9-,11-,16+/m1/s1. The Hall–Kier alpha value is -1.39. The van der Waals surface area contributed by atoms with Crippen molar-refractivity contribution in [2.75, 3.05) is 0 Å². The van der Waals surface area contributed by atoms with Crippen molar-refractivity contribution in [3.63, 3.8) is 0 Å². The van der Waals surface area contributed by atoms with Crippen LogP contribution in [-0.4, -0.2) is 33.9 Å². The molecule has 0 aromatic rings. The Kier molecular flexibility index (Phi) is 3.47. The Morgan fingerprint density at radius 1 is 1.29 bits per heavy atom. The van der Waals surface area contributed by atoms with E-state index in [1.54, 1.807) is 0 Å². The second kappa shape index (κ2) is 4.55. The summed E-state index contributed by atoms with van der Waals surface area (Å²) in [6.45, 7) is 9.42. The van der Waals surface area contributed by atoms with Crippen LogP contribution in [-0.2, 0) is 9.59 Å². The minimum absolute atomic E-state index is 0.279. The molecule has 0 amide bonds. The maximum absolute atomic E-state index is 12.0. The van der Waals surface area contributed by atoms with E-state index in [4.69, 9.17) is 0 Å². The Morgan fingerprint density at radius 2 is 1.86 bits per heavy atom. The molecular weight excluding hydrogens is 270 g/mol. The van der Waals surface area contributed by atoms with Crippen molar-refractivity contribution in [1.29, 1.82) is 0 Å². The second-order valence-electron chi connectivity index (χ2n) is 8.05. The predicted molar refractivity (Wildman–Crippen MR) is 79.5 cm³/mol. The molecule has 0 heterocycles. The van der Waals surface area contributed by atoms with E-state index in [1.165, 1.54) is 0 Å². The molecule has 2 aliphatic rings. The lowest BCUT2D eigenvalue weighted by Crippen LogP contribution is -2.45. The first-order valence-electron chi connectivity index (χ1n) is 7.48. The van der Waals surface area contributed by atoms with Crippen LogP contribution in [0.25, 0.3) is 0 Å². The summed E-state index contributed by atoms with van der Waals surface area (Å²) in [5, 5.41) is 19.3. The number of hydrogen-bond acceptors (Lipinski definition) is 3. The summed E-state index contributed by atoms with van der Waals surface area (Å²) in [5.74, 6) is -1.57. The third kappa shape index (κ3) is 2.09. The number of aliphatic carboxylic acids is 2. The van der Waals surface area contributed by atoms with Gasteiger partial charge in [0.25, 0.3) is 0 Å². The van der Waals surface area contributed by atoms with Crippen LogP contribution >= 0.6 is 0 Å². The molecule has 2 rings (SSSR count). The van der Waals surface area contributed by atoms with Gasteiger partial charge in [0, 0.05) is 5.71 Å². The summed E-state index contributed by atoms with van der Waals surface area (Å²) in [6, 6.07) is -0.904. The molecule has 2 aliphatic carbocycles. The predicted octanol–water partition coefficient (Wildman–Crippen LogP) is 2.84. The van der Waals surface area contributed by atoms with Crippen LogP contribution in [0.3, 0.4) is 0 Å². The molecule has 2 saturated carbocycles. The lowest BCUT2D eigenvalue weighted by atomic mass is 9.68. The van der Waals surface area contributed by atoms with E-state index < -0.39 is 28.8 Å². The third-order valence-electron chi connectivity index (χ3n) is 5.63. The molecule has 2 bridgehead atoms. The van der Waals surface area contributed by atoms with Crippen molar-refractivity contribution in [2.45, 2.75) is 59.9 Å². The lowest BCUT2D eigenvalue weighted by molar-refractivity contribution is -0.149. The SMILES string of the molecule is CC(C)(C)[C@H](N=C1C[C@H]2CC[C@]1(C(=O)O)C2(C)C)C(=O)O. The van der Waals surface area contributed by atoms with Gasteiger partial charge in [-0.1, -0.05) is 34.6 Å². The average Bonchev–Trinajstić information content (AvgIpc) is 2.69. The molecule has 118 valence electrons. The van der Waals surface area contributed by atoms with Crippen LogP contribution < -0.4 is 0 Å². The molecule has 2 N–H and O–H groups in total. The molecule has 0 aromatic carbocycles. The minimum atomic E-state index is -0.990. The maximum Gasteiger partial charge on any atom is 0.328 e.